The molecule has 2 aromatic rings. The zero-order valence-electron chi connectivity index (χ0n) is 17.4. The van der Waals surface area contributed by atoms with Gasteiger partial charge in [0, 0.05) is 25.3 Å². The van der Waals surface area contributed by atoms with E-state index in [1.165, 1.54) is 11.4 Å². The van der Waals surface area contributed by atoms with Crippen LogP contribution in [0.4, 0.5) is 0 Å². The average Bonchev–Trinajstić information content (AvgIpc) is 3.06. The van der Waals surface area contributed by atoms with Crippen LogP contribution in [0.3, 0.4) is 0 Å². The molecule has 0 atom stereocenters. The van der Waals surface area contributed by atoms with Crippen molar-refractivity contribution in [3.05, 3.63) is 52.3 Å². The monoisotopic (exact) mass is 433 g/mol. The maximum atomic E-state index is 12.7. The summed E-state index contributed by atoms with van der Waals surface area (Å²) >= 11 is 0. The Hall–Kier alpha value is -2.65. The molecule has 0 radical (unpaired) electrons. The second-order valence-corrected chi connectivity index (χ2v) is 9.35. The molecule has 1 aromatic heterocycles. The molecule has 30 heavy (non-hydrogen) atoms. The minimum absolute atomic E-state index is 0.230. The zero-order chi connectivity index (χ0) is 21.9. The summed E-state index contributed by atoms with van der Waals surface area (Å²) < 4.78 is 31.7. The summed E-state index contributed by atoms with van der Waals surface area (Å²) in [5.74, 6) is -0.846. The maximum absolute atomic E-state index is 12.7. The van der Waals surface area contributed by atoms with Gasteiger partial charge < -0.3 is 15.0 Å². The van der Waals surface area contributed by atoms with Crippen LogP contribution in [-0.2, 0) is 21.3 Å². The zero-order valence-corrected chi connectivity index (χ0v) is 18.3. The Bertz CT molecular complexity index is 1040. The lowest BCUT2D eigenvalue weighted by molar-refractivity contribution is 0.0599. The minimum Gasteiger partial charge on any atom is -0.465 e. The molecule has 3 rings (SSSR count). The van der Waals surface area contributed by atoms with Crippen LogP contribution in [0.5, 0.6) is 0 Å². The summed E-state index contributed by atoms with van der Waals surface area (Å²) in [5.41, 5.74) is 2.53. The fourth-order valence-corrected chi connectivity index (χ4v) is 5.21. The largest absolute Gasteiger partial charge is 0.465 e. The third-order valence-electron chi connectivity index (χ3n) is 5.38. The number of piperidine rings is 1. The molecule has 1 aromatic carbocycles. The lowest BCUT2D eigenvalue weighted by Crippen LogP contribution is -2.35. The predicted molar refractivity (Wildman–Crippen MR) is 112 cm³/mol. The lowest BCUT2D eigenvalue weighted by atomic mass is 10.1. The molecule has 0 spiro atoms. The van der Waals surface area contributed by atoms with Gasteiger partial charge in [0.1, 0.15) is 5.69 Å². The molecule has 2 N–H and O–H groups in total. The van der Waals surface area contributed by atoms with Crippen LogP contribution < -0.4 is 5.32 Å². The normalized spacial score (nSPS) is 15.0. The Morgan fingerprint density at radius 2 is 1.73 bits per heavy atom. The molecule has 162 valence electrons. The van der Waals surface area contributed by atoms with Crippen molar-refractivity contribution in [2.24, 2.45) is 0 Å². The first-order chi connectivity index (χ1) is 14.3. The third kappa shape index (κ3) is 4.41. The van der Waals surface area contributed by atoms with Gasteiger partial charge in [-0.25, -0.2) is 13.2 Å². The summed E-state index contributed by atoms with van der Waals surface area (Å²) in [4.78, 5) is 27.6. The number of aryl methyl sites for hydroxylation is 1. The highest BCUT2D eigenvalue weighted by Gasteiger charge is 2.26. The van der Waals surface area contributed by atoms with Crippen molar-refractivity contribution < 1.29 is 22.7 Å². The number of nitrogens with zero attached hydrogens (tertiary/aromatic N) is 1. The van der Waals surface area contributed by atoms with Gasteiger partial charge in [-0.05, 0) is 49.9 Å². The molecule has 2 heterocycles. The van der Waals surface area contributed by atoms with E-state index in [9.17, 15) is 18.0 Å². The number of ether oxygens (including phenoxy) is 1. The van der Waals surface area contributed by atoms with Gasteiger partial charge in [0.25, 0.3) is 5.91 Å². The van der Waals surface area contributed by atoms with Crippen molar-refractivity contribution >= 4 is 21.9 Å². The molecule has 0 bridgehead atoms. The standard InChI is InChI=1S/C21H27N3O5S/c1-14-18(21(26)29-3)15(2)23-19(14)20(25)22-13-16-7-9-17(10-8-16)30(27,28)24-11-5-4-6-12-24/h7-10,23H,4-6,11-13H2,1-3H3,(H,22,25). The molecular weight excluding hydrogens is 406 g/mol. The molecule has 8 nitrogen and oxygen atoms in total. The van der Waals surface area contributed by atoms with E-state index in [2.05, 4.69) is 10.3 Å². The Morgan fingerprint density at radius 3 is 2.33 bits per heavy atom. The number of esters is 1. The van der Waals surface area contributed by atoms with Crippen LogP contribution in [0.2, 0.25) is 0 Å². The Morgan fingerprint density at radius 1 is 1.10 bits per heavy atom. The highest BCUT2D eigenvalue weighted by atomic mass is 32.2. The van der Waals surface area contributed by atoms with E-state index in [-0.39, 0.29) is 17.3 Å². The van der Waals surface area contributed by atoms with Crippen molar-refractivity contribution in [2.45, 2.75) is 44.6 Å². The van der Waals surface area contributed by atoms with E-state index >= 15 is 0 Å². The number of H-pyrrole nitrogens is 1. The van der Waals surface area contributed by atoms with Gasteiger partial charge in [-0.3, -0.25) is 4.79 Å². The van der Waals surface area contributed by atoms with E-state index in [1.54, 1.807) is 38.1 Å². The minimum atomic E-state index is -3.47. The van der Waals surface area contributed by atoms with Gasteiger partial charge in [-0.15, -0.1) is 0 Å². The molecule has 9 heteroatoms. The highest BCUT2D eigenvalue weighted by Crippen LogP contribution is 2.21. The second kappa shape index (κ2) is 9.01. The van der Waals surface area contributed by atoms with Crippen LogP contribution in [0.15, 0.2) is 29.2 Å². The summed E-state index contributed by atoms with van der Waals surface area (Å²) in [6.45, 7) is 4.74. The Balaban J connectivity index is 1.67. The molecule has 1 saturated heterocycles. The number of nitrogens with one attached hydrogen (secondary N) is 2. The first kappa shape index (κ1) is 22.0. The quantitative estimate of drug-likeness (QED) is 0.681. The first-order valence-corrected chi connectivity index (χ1v) is 11.3. The number of amides is 1. The molecule has 1 aliphatic heterocycles. The van der Waals surface area contributed by atoms with Crippen LogP contribution in [-0.4, -0.2) is 49.8 Å². The number of hydrogen-bond donors (Lipinski definition) is 2. The van der Waals surface area contributed by atoms with Crippen molar-refractivity contribution in [2.75, 3.05) is 20.2 Å². The predicted octanol–water partition coefficient (Wildman–Crippen LogP) is 2.52. The average molecular weight is 434 g/mol. The smallest absolute Gasteiger partial charge is 0.339 e. The highest BCUT2D eigenvalue weighted by molar-refractivity contribution is 7.89. The van der Waals surface area contributed by atoms with Gasteiger partial charge >= 0.3 is 5.97 Å². The lowest BCUT2D eigenvalue weighted by Gasteiger charge is -2.25. The van der Waals surface area contributed by atoms with Crippen LogP contribution in [0.1, 0.15) is 56.9 Å². The SMILES string of the molecule is COC(=O)c1c(C)[nH]c(C(=O)NCc2ccc(S(=O)(=O)N3CCCCC3)cc2)c1C. The van der Waals surface area contributed by atoms with Gasteiger partial charge in [0.2, 0.25) is 10.0 Å². The fourth-order valence-electron chi connectivity index (χ4n) is 3.69. The Labute approximate surface area is 176 Å². The van der Waals surface area contributed by atoms with Crippen molar-refractivity contribution in [1.82, 2.24) is 14.6 Å². The number of benzene rings is 1. The number of carbonyl (C=O) groups excluding carboxylic acids is 2. The molecule has 0 aliphatic carbocycles. The number of aromatic amines is 1. The van der Waals surface area contributed by atoms with E-state index in [1.807, 2.05) is 0 Å². The molecule has 1 aliphatic rings. The van der Waals surface area contributed by atoms with Crippen molar-refractivity contribution in [1.29, 1.82) is 0 Å². The first-order valence-electron chi connectivity index (χ1n) is 9.90. The van der Waals surface area contributed by atoms with Crippen LogP contribution >= 0.6 is 0 Å². The van der Waals surface area contributed by atoms with E-state index in [0.717, 1.165) is 24.8 Å². The van der Waals surface area contributed by atoms with E-state index in [0.29, 0.717) is 35.6 Å². The molecular formula is C21H27N3O5S. The van der Waals surface area contributed by atoms with Gasteiger partial charge in [-0.1, -0.05) is 18.6 Å². The molecule has 1 amide bonds. The summed E-state index contributed by atoms with van der Waals surface area (Å²) in [6, 6.07) is 6.54. The molecule has 0 unspecified atom stereocenters. The number of carbonyl (C=O) groups is 2. The van der Waals surface area contributed by atoms with Gasteiger partial charge in [0.15, 0.2) is 0 Å². The van der Waals surface area contributed by atoms with E-state index < -0.39 is 16.0 Å². The van der Waals surface area contributed by atoms with Crippen molar-refractivity contribution in [3.63, 3.8) is 0 Å². The maximum Gasteiger partial charge on any atom is 0.339 e. The van der Waals surface area contributed by atoms with Crippen molar-refractivity contribution in [3.8, 4) is 0 Å². The van der Waals surface area contributed by atoms with Crippen LogP contribution in [0, 0.1) is 13.8 Å². The number of hydrogen-bond acceptors (Lipinski definition) is 5. The summed E-state index contributed by atoms with van der Waals surface area (Å²) in [7, 11) is -2.18. The number of rotatable bonds is 6. The third-order valence-corrected chi connectivity index (χ3v) is 7.30. The second-order valence-electron chi connectivity index (χ2n) is 7.41. The topological polar surface area (TPSA) is 109 Å². The molecule has 1 fully saturated rings. The number of sulfonamides is 1. The van der Waals surface area contributed by atoms with Crippen LogP contribution in [0.25, 0.3) is 0 Å². The van der Waals surface area contributed by atoms with Gasteiger partial charge in [0.05, 0.1) is 17.6 Å². The van der Waals surface area contributed by atoms with Gasteiger partial charge in [-0.2, -0.15) is 4.31 Å². The van der Waals surface area contributed by atoms with E-state index in [4.69, 9.17) is 4.74 Å². The fraction of sp³-hybridized carbons (Fsp3) is 0.429. The summed E-state index contributed by atoms with van der Waals surface area (Å²) in [6.07, 6.45) is 2.84. The molecule has 0 saturated carbocycles. The Kier molecular flexibility index (Phi) is 6.62. The number of methoxy groups -OCH3 is 1. The number of aromatic nitrogens is 1. The summed E-state index contributed by atoms with van der Waals surface area (Å²) in [5, 5.41) is 2.79.